The Morgan fingerprint density at radius 2 is 1.87 bits per heavy atom. The number of hydrogen-bond donors (Lipinski definition) is 0. The summed E-state index contributed by atoms with van der Waals surface area (Å²) in [5.74, 6) is 1.12. The van der Waals surface area contributed by atoms with Crippen molar-refractivity contribution in [2.75, 3.05) is 6.61 Å². The predicted octanol–water partition coefficient (Wildman–Crippen LogP) is 6.83. The molecule has 6 rings (SSSR count). The van der Waals surface area contributed by atoms with Crippen molar-refractivity contribution in [1.82, 2.24) is 15.0 Å². The van der Waals surface area contributed by atoms with Gasteiger partial charge in [0, 0.05) is 0 Å². The highest BCUT2D eigenvalue weighted by atomic mass is 16.5. The third-order valence-corrected chi connectivity index (χ3v) is 11.6. The quantitative estimate of drug-likeness (QED) is 0.392. The molecule has 0 radical (unpaired) electrons. The highest BCUT2D eigenvalue weighted by Gasteiger charge is 2.68. The Balaban J connectivity index is 1.19. The number of nitrogens with zero attached hydrogens (tertiary/aromatic N) is 3. The number of aryl methyl sites for hydroxylation is 1. The molecule has 1 aromatic carbocycles. The molecule has 0 N–H and O–H groups in total. The summed E-state index contributed by atoms with van der Waals surface area (Å²) in [6.07, 6.45) is 12.8. The lowest BCUT2D eigenvalue weighted by molar-refractivity contribution is -0.187. The maximum atomic E-state index is 13.2. The standard InChI is InChI=1S/C32H45N3O3/c1-6-37-28(36)31(5)15-9-14-30(4)25(31)13-17-32-18-27(29(3,21-32)16-12-26(30)32)38-20-23-19-35(34-33-23)24-11-8-7-10-22(24)2/h7-8,10-11,19,25-27H,6,9,12-18,20-21H2,1-5H3/t25-,26-,27+,29-,30+,31+,32-/m0/s1. The lowest BCUT2D eigenvalue weighted by Crippen LogP contribution is -2.58. The van der Waals surface area contributed by atoms with E-state index in [1.807, 2.05) is 29.9 Å². The van der Waals surface area contributed by atoms with Crippen LogP contribution in [0, 0.1) is 40.4 Å². The van der Waals surface area contributed by atoms with Crippen LogP contribution in [0.4, 0.5) is 0 Å². The lowest BCUT2D eigenvalue weighted by atomic mass is 9.40. The summed E-state index contributed by atoms with van der Waals surface area (Å²) in [5, 5.41) is 8.82. The second-order valence-corrected chi connectivity index (χ2v) is 13.8. The molecule has 0 unspecified atom stereocenters. The molecule has 4 aliphatic rings. The number of para-hydroxylation sites is 1. The van der Waals surface area contributed by atoms with Crippen molar-refractivity contribution in [2.45, 2.75) is 105 Å². The van der Waals surface area contributed by atoms with E-state index < -0.39 is 0 Å². The Bertz CT molecular complexity index is 1210. The number of ether oxygens (including phenoxy) is 2. The van der Waals surface area contributed by atoms with Crippen LogP contribution >= 0.6 is 0 Å². The van der Waals surface area contributed by atoms with Gasteiger partial charge in [-0.3, -0.25) is 4.79 Å². The molecule has 4 aliphatic carbocycles. The van der Waals surface area contributed by atoms with Gasteiger partial charge in [-0.25, -0.2) is 4.68 Å². The molecule has 2 aromatic rings. The number of benzene rings is 1. The van der Waals surface area contributed by atoms with Crippen LogP contribution in [0.5, 0.6) is 0 Å². The zero-order valence-electron chi connectivity index (χ0n) is 24.0. The van der Waals surface area contributed by atoms with Crippen molar-refractivity contribution in [2.24, 2.45) is 33.5 Å². The smallest absolute Gasteiger partial charge is 0.312 e. The van der Waals surface area contributed by atoms with Gasteiger partial charge in [0.05, 0.1) is 36.6 Å². The highest BCUT2D eigenvalue weighted by Crippen LogP contribution is 2.74. The molecule has 1 aromatic heterocycles. The first-order valence-corrected chi connectivity index (χ1v) is 14.9. The zero-order chi connectivity index (χ0) is 26.8. The summed E-state index contributed by atoms with van der Waals surface area (Å²) in [6.45, 7) is 12.2. The van der Waals surface area contributed by atoms with E-state index in [1.54, 1.807) is 0 Å². The van der Waals surface area contributed by atoms with Gasteiger partial charge in [0.2, 0.25) is 0 Å². The number of rotatable bonds is 6. The van der Waals surface area contributed by atoms with Crippen LogP contribution in [0.3, 0.4) is 0 Å². The van der Waals surface area contributed by atoms with Crippen molar-refractivity contribution in [1.29, 1.82) is 0 Å². The van der Waals surface area contributed by atoms with E-state index >= 15 is 0 Å². The fraction of sp³-hybridized carbons (Fsp3) is 0.719. The molecule has 0 aliphatic heterocycles. The fourth-order valence-electron chi connectivity index (χ4n) is 9.99. The molecule has 4 saturated carbocycles. The van der Waals surface area contributed by atoms with Gasteiger partial charge >= 0.3 is 5.97 Å². The summed E-state index contributed by atoms with van der Waals surface area (Å²) in [6, 6.07) is 8.25. The second-order valence-electron chi connectivity index (χ2n) is 13.8. The second kappa shape index (κ2) is 9.18. The minimum Gasteiger partial charge on any atom is -0.466 e. The summed E-state index contributed by atoms with van der Waals surface area (Å²) in [4.78, 5) is 13.2. The first kappa shape index (κ1) is 26.0. The van der Waals surface area contributed by atoms with Crippen LogP contribution < -0.4 is 0 Å². The van der Waals surface area contributed by atoms with Crippen LogP contribution in [-0.4, -0.2) is 33.7 Å². The number of carbonyl (C=O) groups excluding carboxylic acids is 1. The van der Waals surface area contributed by atoms with Crippen LogP contribution in [0.15, 0.2) is 30.5 Å². The molecule has 206 valence electrons. The zero-order valence-corrected chi connectivity index (χ0v) is 24.0. The Morgan fingerprint density at radius 3 is 2.66 bits per heavy atom. The number of aromatic nitrogens is 3. The van der Waals surface area contributed by atoms with Gasteiger partial charge in [-0.2, -0.15) is 0 Å². The number of carbonyl (C=O) groups is 1. The van der Waals surface area contributed by atoms with Crippen LogP contribution in [0.1, 0.15) is 96.7 Å². The number of hydrogen-bond acceptors (Lipinski definition) is 5. The van der Waals surface area contributed by atoms with Crippen molar-refractivity contribution in [3.63, 3.8) is 0 Å². The average Bonchev–Trinajstić information content (AvgIpc) is 3.42. The van der Waals surface area contributed by atoms with Gasteiger partial charge in [0.15, 0.2) is 0 Å². The van der Waals surface area contributed by atoms with Crippen molar-refractivity contribution in [3.8, 4) is 5.69 Å². The molecule has 0 amide bonds. The Kier molecular flexibility index (Phi) is 6.29. The Morgan fingerprint density at radius 1 is 1.08 bits per heavy atom. The molecule has 7 atom stereocenters. The maximum absolute atomic E-state index is 13.2. The monoisotopic (exact) mass is 519 g/mol. The molecule has 6 heteroatoms. The minimum atomic E-state index is -0.344. The van der Waals surface area contributed by atoms with Gasteiger partial charge in [0.25, 0.3) is 0 Å². The van der Waals surface area contributed by atoms with Gasteiger partial charge < -0.3 is 9.47 Å². The normalized spacial score (nSPS) is 39.9. The summed E-state index contributed by atoms with van der Waals surface area (Å²) >= 11 is 0. The van der Waals surface area contributed by atoms with Crippen molar-refractivity contribution >= 4 is 5.97 Å². The summed E-state index contributed by atoms with van der Waals surface area (Å²) in [5.41, 5.74) is 3.52. The van der Waals surface area contributed by atoms with Crippen LogP contribution in [0.25, 0.3) is 5.69 Å². The maximum Gasteiger partial charge on any atom is 0.312 e. The van der Waals surface area contributed by atoms with Crippen LogP contribution in [0.2, 0.25) is 0 Å². The summed E-state index contributed by atoms with van der Waals surface area (Å²) < 4.78 is 14.2. The topological polar surface area (TPSA) is 66.2 Å². The number of fused-ring (bicyclic) bond motifs is 3. The molecule has 38 heavy (non-hydrogen) atoms. The summed E-state index contributed by atoms with van der Waals surface area (Å²) in [7, 11) is 0. The molecule has 4 fully saturated rings. The van der Waals surface area contributed by atoms with Crippen molar-refractivity contribution < 1.29 is 14.3 Å². The van der Waals surface area contributed by atoms with E-state index in [-0.39, 0.29) is 28.3 Å². The number of esters is 1. The van der Waals surface area contributed by atoms with E-state index in [1.165, 1.54) is 37.7 Å². The molecular formula is C32H45N3O3. The minimum absolute atomic E-state index is 0.0406. The van der Waals surface area contributed by atoms with Gasteiger partial charge in [-0.05, 0) is 112 Å². The van der Waals surface area contributed by atoms with Crippen molar-refractivity contribution in [3.05, 3.63) is 41.7 Å². The van der Waals surface area contributed by atoms with E-state index in [4.69, 9.17) is 9.47 Å². The third kappa shape index (κ3) is 3.88. The van der Waals surface area contributed by atoms with E-state index in [0.717, 1.165) is 37.1 Å². The molecule has 1 spiro atoms. The first-order valence-electron chi connectivity index (χ1n) is 14.9. The largest absolute Gasteiger partial charge is 0.466 e. The van der Waals surface area contributed by atoms with Gasteiger partial charge in [-0.15, -0.1) is 5.10 Å². The highest BCUT2D eigenvalue weighted by molar-refractivity contribution is 5.77. The first-order chi connectivity index (χ1) is 18.1. The molecule has 6 nitrogen and oxygen atoms in total. The van der Waals surface area contributed by atoms with Gasteiger partial charge in [-0.1, -0.05) is 43.7 Å². The van der Waals surface area contributed by atoms with Gasteiger partial charge in [0.1, 0.15) is 5.69 Å². The molecular weight excluding hydrogens is 474 g/mol. The van der Waals surface area contributed by atoms with Crippen LogP contribution in [-0.2, 0) is 20.9 Å². The van der Waals surface area contributed by atoms with E-state index in [2.05, 4.69) is 50.1 Å². The molecule has 0 saturated heterocycles. The Hall–Kier alpha value is -2.21. The molecule has 1 heterocycles. The Labute approximate surface area is 227 Å². The third-order valence-electron chi connectivity index (χ3n) is 11.6. The van der Waals surface area contributed by atoms with E-state index in [9.17, 15) is 4.79 Å². The fourth-order valence-corrected chi connectivity index (χ4v) is 9.99. The van der Waals surface area contributed by atoms with E-state index in [0.29, 0.717) is 30.5 Å². The predicted molar refractivity (Wildman–Crippen MR) is 147 cm³/mol. The lowest BCUT2D eigenvalue weighted by Gasteiger charge is -2.64. The SMILES string of the molecule is CCOC(=O)[C@]1(C)CCC[C@@]2(C)[C@@H]3CC[C@@]4(C)C[C@]3(CC[C@@H]21)C[C@H]4OCc1cn(-c2ccccc2C)nn1. The average molecular weight is 520 g/mol. The molecule has 2 bridgehead atoms.